The molecule has 0 aromatic carbocycles. The Hall–Kier alpha value is -0.820. The molecule has 1 aliphatic carbocycles. The molecule has 0 saturated carbocycles. The highest BCUT2D eigenvalue weighted by Gasteiger charge is 2.15. The highest BCUT2D eigenvalue weighted by Crippen LogP contribution is 2.27. The lowest BCUT2D eigenvalue weighted by molar-refractivity contribution is 0.626. The minimum atomic E-state index is 0.220. The molecule has 1 N–H and O–H groups in total. The molecular weight excluding hydrogens is 182 g/mol. The number of hydrogen-bond acceptors (Lipinski definition) is 1. The van der Waals surface area contributed by atoms with Gasteiger partial charge in [-0.1, -0.05) is 52.0 Å². The van der Waals surface area contributed by atoms with Crippen LogP contribution in [0.25, 0.3) is 0 Å². The van der Waals surface area contributed by atoms with Crippen molar-refractivity contribution in [2.75, 3.05) is 13.1 Å². The summed E-state index contributed by atoms with van der Waals surface area (Å²) in [5, 5.41) is 3.40. The normalized spacial score (nSPS) is 22.7. The van der Waals surface area contributed by atoms with Crippen molar-refractivity contribution in [1.29, 1.82) is 0 Å². The van der Waals surface area contributed by atoms with E-state index in [1.165, 1.54) is 17.6 Å². The maximum atomic E-state index is 3.40. The molecule has 0 aromatic rings. The fourth-order valence-corrected chi connectivity index (χ4v) is 1.76. The second-order valence-corrected chi connectivity index (χ2v) is 4.47. The summed E-state index contributed by atoms with van der Waals surface area (Å²) < 4.78 is 0. The van der Waals surface area contributed by atoms with Gasteiger partial charge in [0.15, 0.2) is 0 Å². The van der Waals surface area contributed by atoms with Crippen LogP contribution in [-0.4, -0.2) is 13.1 Å². The van der Waals surface area contributed by atoms with E-state index in [4.69, 9.17) is 0 Å². The van der Waals surface area contributed by atoms with E-state index in [2.05, 4.69) is 43.5 Å². The maximum Gasteiger partial charge on any atom is 0.0208 e. The van der Waals surface area contributed by atoms with Gasteiger partial charge in [-0.25, -0.2) is 0 Å². The number of rotatable bonds is 0. The summed E-state index contributed by atoms with van der Waals surface area (Å²) in [5.74, 6) is 0. The molecule has 0 bridgehead atoms. The SMILES string of the molecule is CC.CC1(C)C=CC2=C(C=C1)CNCC2. The molecule has 0 amide bonds. The number of hydrogen-bond donors (Lipinski definition) is 1. The second kappa shape index (κ2) is 5.32. The third-order valence-corrected chi connectivity index (χ3v) is 2.73. The second-order valence-electron chi connectivity index (χ2n) is 4.47. The van der Waals surface area contributed by atoms with Crippen LogP contribution < -0.4 is 5.32 Å². The van der Waals surface area contributed by atoms with Gasteiger partial charge in [0.1, 0.15) is 0 Å². The Balaban J connectivity index is 0.000000531. The standard InChI is InChI=1S/C12H17N.C2H6/c1-12(2)6-3-10-5-8-13-9-11(10)4-7-12;1-2/h3-4,6-7,13H,5,8-9H2,1-2H3;1-2H3. The topological polar surface area (TPSA) is 12.0 Å². The summed E-state index contributed by atoms with van der Waals surface area (Å²) in [4.78, 5) is 0. The highest BCUT2D eigenvalue weighted by molar-refractivity contribution is 5.40. The zero-order chi connectivity index (χ0) is 11.3. The Labute approximate surface area is 94.0 Å². The summed E-state index contributed by atoms with van der Waals surface area (Å²) in [6, 6.07) is 0. The Morgan fingerprint density at radius 1 is 1.07 bits per heavy atom. The molecule has 1 heteroatoms. The van der Waals surface area contributed by atoms with E-state index in [9.17, 15) is 0 Å². The van der Waals surface area contributed by atoms with E-state index in [-0.39, 0.29) is 5.41 Å². The van der Waals surface area contributed by atoms with Gasteiger partial charge in [-0.15, -0.1) is 0 Å². The lowest BCUT2D eigenvalue weighted by atomic mass is 9.93. The highest BCUT2D eigenvalue weighted by atomic mass is 14.9. The Morgan fingerprint density at radius 3 is 2.33 bits per heavy atom. The predicted octanol–water partition coefficient (Wildman–Crippen LogP) is 3.45. The Bertz CT molecular complexity index is 264. The zero-order valence-corrected chi connectivity index (χ0v) is 10.4. The summed E-state index contributed by atoms with van der Waals surface area (Å²) in [7, 11) is 0. The summed E-state index contributed by atoms with van der Waals surface area (Å²) in [6.45, 7) is 10.6. The maximum absolute atomic E-state index is 3.40. The van der Waals surface area contributed by atoms with Crippen molar-refractivity contribution in [1.82, 2.24) is 5.32 Å². The fraction of sp³-hybridized carbons (Fsp3) is 0.571. The quantitative estimate of drug-likeness (QED) is 0.638. The van der Waals surface area contributed by atoms with Gasteiger partial charge in [0, 0.05) is 12.0 Å². The first-order valence-corrected chi connectivity index (χ1v) is 5.99. The first-order chi connectivity index (χ1) is 7.17. The first kappa shape index (κ1) is 12.3. The van der Waals surface area contributed by atoms with Crippen LogP contribution in [0.15, 0.2) is 35.5 Å². The van der Waals surface area contributed by atoms with Crippen molar-refractivity contribution in [3.63, 3.8) is 0 Å². The molecule has 1 heterocycles. The summed E-state index contributed by atoms with van der Waals surface area (Å²) in [5.41, 5.74) is 3.20. The Morgan fingerprint density at radius 2 is 1.67 bits per heavy atom. The number of allylic oxidation sites excluding steroid dienone is 3. The predicted molar refractivity (Wildman–Crippen MR) is 67.9 cm³/mol. The van der Waals surface area contributed by atoms with Crippen LogP contribution >= 0.6 is 0 Å². The first-order valence-electron chi connectivity index (χ1n) is 5.99. The van der Waals surface area contributed by atoms with Crippen LogP contribution in [0.4, 0.5) is 0 Å². The summed E-state index contributed by atoms with van der Waals surface area (Å²) in [6.07, 6.45) is 10.3. The lowest BCUT2D eigenvalue weighted by Crippen LogP contribution is -2.23. The van der Waals surface area contributed by atoms with Gasteiger partial charge >= 0.3 is 0 Å². The van der Waals surface area contributed by atoms with Gasteiger partial charge in [-0.05, 0) is 24.1 Å². The third-order valence-electron chi connectivity index (χ3n) is 2.73. The summed E-state index contributed by atoms with van der Waals surface area (Å²) >= 11 is 0. The van der Waals surface area contributed by atoms with E-state index >= 15 is 0 Å². The molecule has 0 fully saturated rings. The molecular formula is C14H23N. The van der Waals surface area contributed by atoms with Gasteiger partial charge in [0.25, 0.3) is 0 Å². The molecule has 2 rings (SSSR count). The molecule has 1 nitrogen and oxygen atoms in total. The van der Waals surface area contributed by atoms with Crippen LogP contribution in [0.2, 0.25) is 0 Å². The van der Waals surface area contributed by atoms with Crippen molar-refractivity contribution in [3.8, 4) is 0 Å². The van der Waals surface area contributed by atoms with Crippen LogP contribution in [-0.2, 0) is 0 Å². The molecule has 1 aliphatic heterocycles. The van der Waals surface area contributed by atoms with E-state index < -0.39 is 0 Å². The smallest absolute Gasteiger partial charge is 0.0208 e. The van der Waals surface area contributed by atoms with Gasteiger partial charge in [0.2, 0.25) is 0 Å². The molecule has 0 saturated heterocycles. The molecule has 2 aliphatic rings. The van der Waals surface area contributed by atoms with Gasteiger partial charge in [-0.3, -0.25) is 0 Å². The third kappa shape index (κ3) is 3.35. The van der Waals surface area contributed by atoms with E-state index in [0.29, 0.717) is 0 Å². The van der Waals surface area contributed by atoms with Crippen molar-refractivity contribution < 1.29 is 0 Å². The van der Waals surface area contributed by atoms with Gasteiger partial charge in [-0.2, -0.15) is 0 Å². The minimum absolute atomic E-state index is 0.220. The molecule has 0 aromatic heterocycles. The van der Waals surface area contributed by atoms with Crippen LogP contribution in [0.5, 0.6) is 0 Å². The molecule has 15 heavy (non-hydrogen) atoms. The zero-order valence-electron chi connectivity index (χ0n) is 10.4. The van der Waals surface area contributed by atoms with Crippen LogP contribution in [0.3, 0.4) is 0 Å². The molecule has 0 radical (unpaired) electrons. The van der Waals surface area contributed by atoms with Crippen molar-refractivity contribution in [3.05, 3.63) is 35.5 Å². The van der Waals surface area contributed by atoms with Crippen LogP contribution in [0.1, 0.15) is 34.1 Å². The fourth-order valence-electron chi connectivity index (χ4n) is 1.76. The molecule has 0 spiro atoms. The van der Waals surface area contributed by atoms with Gasteiger partial charge in [0.05, 0.1) is 0 Å². The average Bonchev–Trinajstić information content (AvgIpc) is 2.42. The van der Waals surface area contributed by atoms with Gasteiger partial charge < -0.3 is 5.32 Å². The van der Waals surface area contributed by atoms with Crippen LogP contribution in [0, 0.1) is 5.41 Å². The van der Waals surface area contributed by atoms with Crippen molar-refractivity contribution in [2.24, 2.45) is 5.41 Å². The van der Waals surface area contributed by atoms with E-state index in [0.717, 1.165) is 13.1 Å². The largest absolute Gasteiger partial charge is 0.312 e. The molecule has 0 unspecified atom stereocenters. The van der Waals surface area contributed by atoms with Crippen molar-refractivity contribution >= 4 is 0 Å². The Kier molecular flexibility index (Phi) is 4.34. The van der Waals surface area contributed by atoms with E-state index in [1.807, 2.05) is 13.8 Å². The molecule has 84 valence electrons. The minimum Gasteiger partial charge on any atom is -0.312 e. The average molecular weight is 205 g/mol. The lowest BCUT2D eigenvalue weighted by Gasteiger charge is -2.15. The van der Waals surface area contributed by atoms with E-state index in [1.54, 1.807) is 0 Å². The van der Waals surface area contributed by atoms with Crippen molar-refractivity contribution in [2.45, 2.75) is 34.1 Å². The number of nitrogens with one attached hydrogen (secondary N) is 1. The monoisotopic (exact) mass is 205 g/mol. The molecule has 0 atom stereocenters.